The quantitative estimate of drug-likeness (QED) is 0.569. The normalized spacial score (nSPS) is 33.2. The first-order valence-electron chi connectivity index (χ1n) is 4.26. The Balaban J connectivity index is 2.49. The molecule has 0 aromatic rings. The van der Waals surface area contributed by atoms with Crippen LogP contribution in [0.3, 0.4) is 0 Å². The number of aliphatic hydroxyl groups excluding tert-OH is 1. The minimum Gasteiger partial charge on any atom is -0.396 e. The fourth-order valence-electron chi connectivity index (χ4n) is 1.47. The zero-order chi connectivity index (χ0) is 9.03. The zero-order valence-electron chi connectivity index (χ0n) is 7.49. The van der Waals surface area contributed by atoms with E-state index >= 15 is 0 Å². The number of hydrogen-bond acceptors (Lipinski definition) is 4. The van der Waals surface area contributed by atoms with Gasteiger partial charge in [-0.15, -0.1) is 0 Å². The lowest BCUT2D eigenvalue weighted by molar-refractivity contribution is -0.0489. The van der Waals surface area contributed by atoms with Crippen molar-refractivity contribution in [2.24, 2.45) is 0 Å². The van der Waals surface area contributed by atoms with Crippen LogP contribution in [0.5, 0.6) is 0 Å². The van der Waals surface area contributed by atoms with Crippen molar-refractivity contribution in [1.82, 2.24) is 4.90 Å². The molecule has 0 spiro atoms. The van der Waals surface area contributed by atoms with Crippen molar-refractivity contribution in [1.29, 1.82) is 0 Å². The topological polar surface area (TPSA) is 52.9 Å². The summed E-state index contributed by atoms with van der Waals surface area (Å²) in [4.78, 5) is 2.02. The van der Waals surface area contributed by atoms with Gasteiger partial charge in [-0.1, -0.05) is 0 Å². The van der Waals surface area contributed by atoms with Crippen molar-refractivity contribution in [3.8, 4) is 0 Å². The van der Waals surface area contributed by atoms with Crippen LogP contribution in [0.25, 0.3) is 0 Å². The molecule has 4 heteroatoms. The molecule has 0 aromatic carbocycles. The lowest BCUT2D eigenvalue weighted by Gasteiger charge is -2.27. The van der Waals surface area contributed by atoms with Crippen LogP contribution in [0.2, 0.25) is 0 Å². The molecule has 1 fully saturated rings. The lowest BCUT2D eigenvalue weighted by Crippen LogP contribution is -2.43. The monoisotopic (exact) mass is 175 g/mol. The Morgan fingerprint density at radius 1 is 1.58 bits per heavy atom. The maximum atomic E-state index is 9.90. The lowest BCUT2D eigenvalue weighted by atomic mass is 10.0. The third-order valence-corrected chi connectivity index (χ3v) is 2.13. The molecular formula is C8H17NO3. The number of likely N-dealkylation sites (N-methyl/N-ethyl adjacent to an activating group) is 1. The highest BCUT2D eigenvalue weighted by atomic mass is 16.5. The number of β-amino-alcohol motifs (C(OH)–C–C–N with tert-alkyl or cyclic N) is 1. The maximum absolute atomic E-state index is 9.90. The summed E-state index contributed by atoms with van der Waals surface area (Å²) < 4.78 is 5.23. The molecule has 0 aromatic heterocycles. The Labute approximate surface area is 72.7 Å². The van der Waals surface area contributed by atoms with Gasteiger partial charge in [-0.3, -0.25) is 0 Å². The van der Waals surface area contributed by atoms with Gasteiger partial charge in [-0.2, -0.15) is 0 Å². The summed E-state index contributed by atoms with van der Waals surface area (Å²) >= 11 is 0. The second-order valence-corrected chi connectivity index (χ2v) is 3.49. The molecule has 0 aliphatic carbocycles. The molecule has 1 heterocycles. The van der Waals surface area contributed by atoms with Crippen LogP contribution in [0, 0.1) is 0 Å². The highest BCUT2D eigenvalue weighted by molar-refractivity contribution is 4.83. The van der Waals surface area contributed by atoms with E-state index in [1.165, 1.54) is 0 Å². The first-order chi connectivity index (χ1) is 5.66. The number of rotatable bonds is 2. The molecule has 12 heavy (non-hydrogen) atoms. The van der Waals surface area contributed by atoms with Crippen LogP contribution < -0.4 is 0 Å². The van der Waals surface area contributed by atoms with Crippen molar-refractivity contribution in [3.63, 3.8) is 0 Å². The largest absolute Gasteiger partial charge is 0.396 e. The second kappa shape index (κ2) is 4.18. The van der Waals surface area contributed by atoms with E-state index in [0.717, 1.165) is 6.54 Å². The van der Waals surface area contributed by atoms with E-state index in [0.29, 0.717) is 26.2 Å². The molecule has 1 atom stereocenters. The number of aliphatic hydroxyl groups is 2. The van der Waals surface area contributed by atoms with Gasteiger partial charge in [0, 0.05) is 26.1 Å². The van der Waals surface area contributed by atoms with Gasteiger partial charge in [0.05, 0.1) is 13.2 Å². The first kappa shape index (κ1) is 9.92. The Morgan fingerprint density at radius 2 is 2.33 bits per heavy atom. The fraction of sp³-hybridized carbons (Fsp3) is 1.00. The predicted molar refractivity (Wildman–Crippen MR) is 45.0 cm³/mol. The van der Waals surface area contributed by atoms with Crippen LogP contribution >= 0.6 is 0 Å². The summed E-state index contributed by atoms with van der Waals surface area (Å²) in [7, 11) is 1.94. The summed E-state index contributed by atoms with van der Waals surface area (Å²) in [6, 6.07) is 0. The van der Waals surface area contributed by atoms with E-state index in [1.54, 1.807) is 0 Å². The van der Waals surface area contributed by atoms with E-state index in [2.05, 4.69) is 0 Å². The minimum atomic E-state index is -0.861. The third kappa shape index (κ3) is 2.71. The van der Waals surface area contributed by atoms with Gasteiger partial charge in [0.2, 0.25) is 0 Å². The molecule has 0 saturated carbocycles. The van der Waals surface area contributed by atoms with Gasteiger partial charge in [0.1, 0.15) is 5.60 Å². The van der Waals surface area contributed by atoms with E-state index in [4.69, 9.17) is 9.84 Å². The highest BCUT2D eigenvalue weighted by Crippen LogP contribution is 2.14. The molecule has 1 rings (SSSR count). The van der Waals surface area contributed by atoms with Crippen LogP contribution in [0.1, 0.15) is 6.42 Å². The van der Waals surface area contributed by atoms with Gasteiger partial charge < -0.3 is 19.8 Å². The molecule has 1 aliphatic rings. The van der Waals surface area contributed by atoms with Gasteiger partial charge >= 0.3 is 0 Å². The SMILES string of the molecule is CN1CCOCC(O)(CCO)C1. The Kier molecular flexibility index (Phi) is 3.46. The summed E-state index contributed by atoms with van der Waals surface area (Å²) in [6.07, 6.45) is 0.386. The molecule has 1 aliphatic heterocycles. The maximum Gasteiger partial charge on any atom is 0.103 e. The molecule has 72 valence electrons. The molecule has 1 unspecified atom stereocenters. The predicted octanol–water partition coefficient (Wildman–Crippen LogP) is -0.938. The molecule has 4 nitrogen and oxygen atoms in total. The van der Waals surface area contributed by atoms with E-state index in [9.17, 15) is 5.11 Å². The van der Waals surface area contributed by atoms with Crippen molar-refractivity contribution in [2.75, 3.05) is 40.0 Å². The number of nitrogens with zero attached hydrogens (tertiary/aromatic N) is 1. The molecule has 1 saturated heterocycles. The number of ether oxygens (including phenoxy) is 1. The summed E-state index contributed by atoms with van der Waals surface area (Å²) in [5.41, 5.74) is -0.861. The average molecular weight is 175 g/mol. The number of hydrogen-bond donors (Lipinski definition) is 2. The van der Waals surface area contributed by atoms with E-state index in [1.807, 2.05) is 11.9 Å². The Hall–Kier alpha value is -0.160. The Morgan fingerprint density at radius 3 is 3.00 bits per heavy atom. The van der Waals surface area contributed by atoms with Gasteiger partial charge in [0.25, 0.3) is 0 Å². The molecule has 0 radical (unpaired) electrons. The van der Waals surface area contributed by atoms with Crippen LogP contribution in [0.15, 0.2) is 0 Å². The van der Waals surface area contributed by atoms with Gasteiger partial charge in [-0.25, -0.2) is 0 Å². The zero-order valence-corrected chi connectivity index (χ0v) is 7.49. The highest BCUT2D eigenvalue weighted by Gasteiger charge is 2.30. The smallest absolute Gasteiger partial charge is 0.103 e. The average Bonchev–Trinajstić information content (AvgIpc) is 2.12. The van der Waals surface area contributed by atoms with Crippen molar-refractivity contribution in [3.05, 3.63) is 0 Å². The van der Waals surface area contributed by atoms with E-state index < -0.39 is 5.60 Å². The molecule has 2 N–H and O–H groups in total. The summed E-state index contributed by atoms with van der Waals surface area (Å²) in [5, 5.41) is 18.6. The van der Waals surface area contributed by atoms with E-state index in [-0.39, 0.29) is 6.61 Å². The summed E-state index contributed by atoms with van der Waals surface area (Å²) in [5.74, 6) is 0. The fourth-order valence-corrected chi connectivity index (χ4v) is 1.47. The Bertz CT molecular complexity index is 142. The van der Waals surface area contributed by atoms with Crippen LogP contribution in [-0.4, -0.2) is 60.7 Å². The van der Waals surface area contributed by atoms with Gasteiger partial charge in [0.15, 0.2) is 0 Å². The summed E-state index contributed by atoms with van der Waals surface area (Å²) in [6.45, 7) is 2.41. The van der Waals surface area contributed by atoms with Crippen LogP contribution in [0.4, 0.5) is 0 Å². The van der Waals surface area contributed by atoms with Crippen LogP contribution in [-0.2, 0) is 4.74 Å². The van der Waals surface area contributed by atoms with Crippen molar-refractivity contribution >= 4 is 0 Å². The minimum absolute atomic E-state index is 0.00764. The second-order valence-electron chi connectivity index (χ2n) is 3.49. The first-order valence-corrected chi connectivity index (χ1v) is 4.26. The van der Waals surface area contributed by atoms with Crippen molar-refractivity contribution < 1.29 is 14.9 Å². The van der Waals surface area contributed by atoms with Gasteiger partial charge in [-0.05, 0) is 7.05 Å². The third-order valence-electron chi connectivity index (χ3n) is 2.13. The molecular weight excluding hydrogens is 158 g/mol. The van der Waals surface area contributed by atoms with Crippen molar-refractivity contribution in [2.45, 2.75) is 12.0 Å². The standard InChI is InChI=1S/C8H17NO3/c1-9-3-5-12-7-8(11,6-9)2-4-10/h10-11H,2-7H2,1H3. The molecule has 0 bridgehead atoms. The molecule has 0 amide bonds.